The highest BCUT2D eigenvalue weighted by Crippen LogP contribution is 2.23. The minimum atomic E-state index is -0.489. The molecule has 1 amide bonds. The lowest BCUT2D eigenvalue weighted by Gasteiger charge is -2.03. The number of hydrogen-bond acceptors (Lipinski definition) is 4. The van der Waals surface area contributed by atoms with E-state index in [0.717, 1.165) is 24.2 Å². The molecule has 1 heterocycles. The van der Waals surface area contributed by atoms with Crippen LogP contribution in [0.4, 0.5) is 5.00 Å². The molecule has 104 valence electrons. The van der Waals surface area contributed by atoms with Crippen LogP contribution in [0.3, 0.4) is 0 Å². The maximum Gasteiger partial charge on any atom is 0.324 e. The Morgan fingerprint density at radius 2 is 1.95 bits per heavy atom. The minimum Gasteiger partial charge on any atom is -0.351 e. The molecule has 6 heteroatoms. The summed E-state index contributed by atoms with van der Waals surface area (Å²) < 4.78 is 0. The van der Waals surface area contributed by atoms with Crippen molar-refractivity contribution in [1.82, 2.24) is 5.32 Å². The van der Waals surface area contributed by atoms with E-state index in [2.05, 4.69) is 5.32 Å². The first-order chi connectivity index (χ1) is 9.66. The normalized spacial score (nSPS) is 10.2. The molecule has 1 N–H and O–H groups in total. The molecule has 0 bridgehead atoms. The second-order valence-corrected chi connectivity index (χ2v) is 5.30. The molecular weight excluding hydrogens is 276 g/mol. The van der Waals surface area contributed by atoms with E-state index < -0.39 is 4.92 Å². The molecule has 1 aromatic carbocycles. The quantitative estimate of drug-likeness (QED) is 0.505. The van der Waals surface area contributed by atoms with Gasteiger partial charge in [0.25, 0.3) is 5.91 Å². The molecule has 0 fully saturated rings. The number of hydrogen-bond donors (Lipinski definition) is 1. The van der Waals surface area contributed by atoms with E-state index in [0.29, 0.717) is 11.4 Å². The molecule has 0 aliphatic heterocycles. The van der Waals surface area contributed by atoms with Gasteiger partial charge in [-0.15, -0.1) is 0 Å². The average Bonchev–Trinajstić information content (AvgIpc) is 2.94. The van der Waals surface area contributed by atoms with Crippen molar-refractivity contribution in [2.75, 3.05) is 6.54 Å². The van der Waals surface area contributed by atoms with Crippen molar-refractivity contribution in [3.05, 3.63) is 63.0 Å². The monoisotopic (exact) mass is 290 g/mol. The summed E-state index contributed by atoms with van der Waals surface area (Å²) in [6.07, 6.45) is 1.73. The van der Waals surface area contributed by atoms with Gasteiger partial charge < -0.3 is 5.32 Å². The standard InChI is InChI=1S/C14H14N2O3S/c17-14(12-8-9-13(20-12)16(18)19)15-10-4-7-11-5-2-1-3-6-11/h1-3,5-6,8-9H,4,7,10H2,(H,15,17). The zero-order chi connectivity index (χ0) is 14.4. The van der Waals surface area contributed by atoms with Crippen molar-refractivity contribution in [2.24, 2.45) is 0 Å². The molecule has 1 aromatic heterocycles. The van der Waals surface area contributed by atoms with E-state index >= 15 is 0 Å². The lowest BCUT2D eigenvalue weighted by Crippen LogP contribution is -2.23. The van der Waals surface area contributed by atoms with Crippen LogP contribution in [0.5, 0.6) is 0 Å². The molecule has 0 saturated carbocycles. The number of nitro groups is 1. The van der Waals surface area contributed by atoms with Gasteiger partial charge in [0.05, 0.1) is 9.80 Å². The topological polar surface area (TPSA) is 72.2 Å². The molecule has 0 aliphatic rings. The van der Waals surface area contributed by atoms with Gasteiger partial charge in [0, 0.05) is 12.6 Å². The van der Waals surface area contributed by atoms with Crippen molar-refractivity contribution in [3.8, 4) is 0 Å². The summed E-state index contributed by atoms with van der Waals surface area (Å²) in [6.45, 7) is 0.555. The molecule has 5 nitrogen and oxygen atoms in total. The van der Waals surface area contributed by atoms with Crippen molar-refractivity contribution < 1.29 is 9.72 Å². The lowest BCUT2D eigenvalue weighted by molar-refractivity contribution is -0.380. The van der Waals surface area contributed by atoms with Crippen molar-refractivity contribution in [1.29, 1.82) is 0 Å². The first-order valence-electron chi connectivity index (χ1n) is 6.23. The SMILES string of the molecule is O=C(NCCCc1ccccc1)c1ccc([N+](=O)[O-])s1. The average molecular weight is 290 g/mol. The summed E-state index contributed by atoms with van der Waals surface area (Å²) in [6, 6.07) is 12.9. The van der Waals surface area contributed by atoms with Crippen LogP contribution in [-0.4, -0.2) is 17.4 Å². The predicted molar refractivity (Wildman–Crippen MR) is 78.1 cm³/mol. The van der Waals surface area contributed by atoms with E-state index in [9.17, 15) is 14.9 Å². The smallest absolute Gasteiger partial charge is 0.324 e. The first-order valence-corrected chi connectivity index (χ1v) is 7.05. The lowest BCUT2D eigenvalue weighted by atomic mass is 10.1. The number of amides is 1. The number of carbonyl (C=O) groups excluding carboxylic acids is 1. The fourth-order valence-electron chi connectivity index (χ4n) is 1.77. The molecule has 0 radical (unpaired) electrons. The second kappa shape index (κ2) is 6.81. The van der Waals surface area contributed by atoms with Crippen LogP contribution in [0.25, 0.3) is 0 Å². The number of rotatable bonds is 6. The van der Waals surface area contributed by atoms with Crippen LogP contribution >= 0.6 is 11.3 Å². The van der Waals surface area contributed by atoms with E-state index in [1.807, 2.05) is 30.3 Å². The van der Waals surface area contributed by atoms with Gasteiger partial charge >= 0.3 is 5.00 Å². The highest BCUT2D eigenvalue weighted by atomic mass is 32.1. The highest BCUT2D eigenvalue weighted by Gasteiger charge is 2.14. The number of carbonyl (C=O) groups is 1. The third-order valence-electron chi connectivity index (χ3n) is 2.77. The van der Waals surface area contributed by atoms with Gasteiger partial charge in [-0.05, 0) is 24.5 Å². The Hall–Kier alpha value is -2.21. The largest absolute Gasteiger partial charge is 0.351 e. The molecule has 0 spiro atoms. The number of thiophene rings is 1. The van der Waals surface area contributed by atoms with Crippen LogP contribution in [0.2, 0.25) is 0 Å². The van der Waals surface area contributed by atoms with Crippen molar-refractivity contribution in [3.63, 3.8) is 0 Å². The van der Waals surface area contributed by atoms with Crippen molar-refractivity contribution >= 4 is 22.2 Å². The second-order valence-electron chi connectivity index (χ2n) is 4.24. The zero-order valence-electron chi connectivity index (χ0n) is 10.7. The summed E-state index contributed by atoms with van der Waals surface area (Å²) in [7, 11) is 0. The first kappa shape index (κ1) is 14.2. The van der Waals surface area contributed by atoms with Gasteiger partial charge in [0.2, 0.25) is 0 Å². The van der Waals surface area contributed by atoms with Gasteiger partial charge in [-0.2, -0.15) is 0 Å². The highest BCUT2D eigenvalue weighted by molar-refractivity contribution is 7.17. The Morgan fingerprint density at radius 1 is 1.20 bits per heavy atom. The predicted octanol–water partition coefficient (Wildman–Crippen LogP) is 3.02. The number of nitrogens with one attached hydrogen (secondary N) is 1. The molecule has 0 aliphatic carbocycles. The van der Waals surface area contributed by atoms with E-state index in [1.165, 1.54) is 17.7 Å². The van der Waals surface area contributed by atoms with Gasteiger partial charge in [0.15, 0.2) is 0 Å². The fraction of sp³-hybridized carbons (Fsp3) is 0.214. The number of aryl methyl sites for hydroxylation is 1. The van der Waals surface area contributed by atoms with Crippen LogP contribution in [0, 0.1) is 10.1 Å². The maximum absolute atomic E-state index is 11.8. The minimum absolute atomic E-state index is 0.0144. The summed E-state index contributed by atoms with van der Waals surface area (Å²) in [5, 5.41) is 13.3. The molecule has 0 atom stereocenters. The Kier molecular flexibility index (Phi) is 4.84. The van der Waals surface area contributed by atoms with E-state index in [1.54, 1.807) is 0 Å². The summed E-state index contributed by atoms with van der Waals surface area (Å²) >= 11 is 0.892. The molecule has 2 aromatic rings. The Labute approximate surface area is 120 Å². The van der Waals surface area contributed by atoms with E-state index in [4.69, 9.17) is 0 Å². The zero-order valence-corrected chi connectivity index (χ0v) is 11.6. The van der Waals surface area contributed by atoms with Gasteiger partial charge in [-0.1, -0.05) is 41.7 Å². The summed E-state index contributed by atoms with van der Waals surface area (Å²) in [5.41, 5.74) is 1.23. The third-order valence-corrected chi connectivity index (χ3v) is 3.80. The van der Waals surface area contributed by atoms with Crippen LogP contribution in [-0.2, 0) is 6.42 Å². The van der Waals surface area contributed by atoms with Gasteiger partial charge in [-0.25, -0.2) is 0 Å². The third kappa shape index (κ3) is 3.89. The fourth-order valence-corrected chi connectivity index (χ4v) is 2.51. The van der Waals surface area contributed by atoms with Gasteiger partial charge in [0.1, 0.15) is 0 Å². The van der Waals surface area contributed by atoms with E-state index in [-0.39, 0.29) is 10.9 Å². The van der Waals surface area contributed by atoms with Crippen LogP contribution < -0.4 is 5.32 Å². The molecule has 2 rings (SSSR count). The Morgan fingerprint density at radius 3 is 2.60 bits per heavy atom. The Bertz CT molecular complexity index is 595. The molecule has 0 saturated heterocycles. The summed E-state index contributed by atoms with van der Waals surface area (Å²) in [4.78, 5) is 22.2. The van der Waals surface area contributed by atoms with Crippen LogP contribution in [0.1, 0.15) is 21.7 Å². The number of nitrogens with zero attached hydrogens (tertiary/aromatic N) is 1. The maximum atomic E-state index is 11.8. The molecule has 20 heavy (non-hydrogen) atoms. The molecular formula is C14H14N2O3S. The van der Waals surface area contributed by atoms with Gasteiger partial charge in [-0.3, -0.25) is 14.9 Å². The summed E-state index contributed by atoms with van der Waals surface area (Å²) in [5.74, 6) is -0.254. The van der Waals surface area contributed by atoms with Crippen molar-refractivity contribution in [2.45, 2.75) is 12.8 Å². The number of benzene rings is 1. The van der Waals surface area contributed by atoms with Crippen LogP contribution in [0.15, 0.2) is 42.5 Å². The Balaban J connectivity index is 1.76. The molecule has 0 unspecified atom stereocenters.